The summed E-state index contributed by atoms with van der Waals surface area (Å²) in [6, 6.07) is 0.245. The molecule has 1 atom stereocenters. The van der Waals surface area contributed by atoms with E-state index in [0.29, 0.717) is 11.5 Å². The highest BCUT2D eigenvalue weighted by molar-refractivity contribution is 5.92. The molecule has 1 saturated heterocycles. The zero-order valence-corrected chi connectivity index (χ0v) is 13.2. The summed E-state index contributed by atoms with van der Waals surface area (Å²) in [6.07, 6.45) is 5.16. The minimum atomic E-state index is -0.00981. The molecule has 6 heteroatoms. The Labute approximate surface area is 126 Å². The third-order valence-electron chi connectivity index (χ3n) is 3.85. The summed E-state index contributed by atoms with van der Waals surface area (Å²) < 4.78 is 0. The molecule has 0 spiro atoms. The summed E-state index contributed by atoms with van der Waals surface area (Å²) >= 11 is 0. The summed E-state index contributed by atoms with van der Waals surface area (Å²) in [5.74, 6) is 0.646. The second-order valence-electron chi connectivity index (χ2n) is 5.50. The van der Waals surface area contributed by atoms with Crippen LogP contribution in [0.5, 0.6) is 0 Å². The SMILES string of the molecule is CCNc1cncc(C(=O)N2CCCN(C)CC2CC)n1. The first-order chi connectivity index (χ1) is 10.2. The Balaban J connectivity index is 2.18. The van der Waals surface area contributed by atoms with Gasteiger partial charge in [0.25, 0.3) is 5.91 Å². The molecule has 0 aliphatic carbocycles. The van der Waals surface area contributed by atoms with Gasteiger partial charge in [-0.2, -0.15) is 0 Å². The number of anilines is 1. The number of amides is 1. The molecule has 1 amide bonds. The molecule has 1 aliphatic rings. The quantitative estimate of drug-likeness (QED) is 0.910. The largest absolute Gasteiger partial charge is 0.369 e. The minimum absolute atomic E-state index is 0.00981. The van der Waals surface area contributed by atoms with Gasteiger partial charge in [0.2, 0.25) is 0 Å². The van der Waals surface area contributed by atoms with Crippen LogP contribution >= 0.6 is 0 Å². The molecule has 1 N–H and O–H groups in total. The van der Waals surface area contributed by atoms with Crippen LogP contribution in [-0.2, 0) is 0 Å². The summed E-state index contributed by atoms with van der Waals surface area (Å²) in [4.78, 5) is 25.5. The number of carbonyl (C=O) groups excluding carboxylic acids is 1. The smallest absolute Gasteiger partial charge is 0.274 e. The molecular weight excluding hydrogens is 266 g/mol. The zero-order valence-electron chi connectivity index (χ0n) is 13.2. The number of hydrogen-bond acceptors (Lipinski definition) is 5. The van der Waals surface area contributed by atoms with Crippen molar-refractivity contribution in [2.75, 3.05) is 38.5 Å². The maximum atomic E-state index is 12.8. The Bertz CT molecular complexity index is 479. The number of nitrogens with one attached hydrogen (secondary N) is 1. The van der Waals surface area contributed by atoms with Gasteiger partial charge in [-0.1, -0.05) is 6.92 Å². The van der Waals surface area contributed by atoms with E-state index in [0.717, 1.165) is 39.0 Å². The lowest BCUT2D eigenvalue weighted by atomic mass is 10.1. The highest BCUT2D eigenvalue weighted by Gasteiger charge is 2.27. The molecule has 1 fully saturated rings. The lowest BCUT2D eigenvalue weighted by Gasteiger charge is -2.30. The summed E-state index contributed by atoms with van der Waals surface area (Å²) in [6.45, 7) is 7.62. The van der Waals surface area contributed by atoms with Crippen molar-refractivity contribution < 1.29 is 4.79 Å². The van der Waals surface area contributed by atoms with Crippen molar-refractivity contribution in [3.63, 3.8) is 0 Å². The third kappa shape index (κ3) is 3.91. The zero-order chi connectivity index (χ0) is 15.2. The average Bonchev–Trinajstić information content (AvgIpc) is 2.68. The molecular formula is C15H25N5O. The Morgan fingerprint density at radius 2 is 2.19 bits per heavy atom. The number of nitrogens with zero attached hydrogens (tertiary/aromatic N) is 4. The van der Waals surface area contributed by atoms with Crippen molar-refractivity contribution in [2.45, 2.75) is 32.7 Å². The number of aromatic nitrogens is 2. The molecule has 116 valence electrons. The van der Waals surface area contributed by atoms with Crippen molar-refractivity contribution in [1.29, 1.82) is 0 Å². The van der Waals surface area contributed by atoms with E-state index in [9.17, 15) is 4.79 Å². The monoisotopic (exact) mass is 291 g/mol. The highest BCUT2D eigenvalue weighted by Crippen LogP contribution is 2.15. The predicted octanol–water partition coefficient (Wildman–Crippen LogP) is 1.46. The standard InChI is InChI=1S/C15H25N5O/c1-4-12-11-19(3)7-6-8-20(12)15(21)13-9-16-10-14(18-13)17-5-2/h9-10,12H,4-8,11H2,1-3H3,(H,17,18). The van der Waals surface area contributed by atoms with E-state index in [1.165, 1.54) is 0 Å². The summed E-state index contributed by atoms with van der Waals surface area (Å²) in [5, 5.41) is 3.10. The van der Waals surface area contributed by atoms with Crippen LogP contribution in [0.2, 0.25) is 0 Å². The van der Waals surface area contributed by atoms with Crippen LogP contribution in [0.15, 0.2) is 12.4 Å². The van der Waals surface area contributed by atoms with Gasteiger partial charge in [-0.05, 0) is 33.4 Å². The van der Waals surface area contributed by atoms with Gasteiger partial charge in [-0.25, -0.2) is 4.98 Å². The van der Waals surface area contributed by atoms with Crippen LogP contribution in [0.1, 0.15) is 37.2 Å². The molecule has 0 bridgehead atoms. The van der Waals surface area contributed by atoms with Gasteiger partial charge in [0, 0.05) is 25.7 Å². The van der Waals surface area contributed by atoms with Gasteiger partial charge >= 0.3 is 0 Å². The highest BCUT2D eigenvalue weighted by atomic mass is 16.2. The second-order valence-corrected chi connectivity index (χ2v) is 5.50. The van der Waals surface area contributed by atoms with E-state index in [4.69, 9.17) is 0 Å². The van der Waals surface area contributed by atoms with Crippen LogP contribution < -0.4 is 5.32 Å². The first-order valence-corrected chi connectivity index (χ1v) is 7.71. The minimum Gasteiger partial charge on any atom is -0.369 e. The van der Waals surface area contributed by atoms with Crippen LogP contribution in [0.3, 0.4) is 0 Å². The van der Waals surface area contributed by atoms with Gasteiger partial charge in [0.1, 0.15) is 11.5 Å². The van der Waals surface area contributed by atoms with Crippen molar-refractivity contribution in [3.05, 3.63) is 18.1 Å². The topological polar surface area (TPSA) is 61.4 Å². The average molecular weight is 291 g/mol. The van der Waals surface area contributed by atoms with Gasteiger partial charge in [-0.3, -0.25) is 9.78 Å². The van der Waals surface area contributed by atoms with Crippen LogP contribution in [-0.4, -0.2) is 64.9 Å². The number of likely N-dealkylation sites (N-methyl/N-ethyl adjacent to an activating group) is 1. The van der Waals surface area contributed by atoms with Gasteiger partial charge in [0.15, 0.2) is 0 Å². The van der Waals surface area contributed by atoms with E-state index in [-0.39, 0.29) is 11.9 Å². The molecule has 2 rings (SSSR count). The van der Waals surface area contributed by atoms with Crippen molar-refractivity contribution in [3.8, 4) is 0 Å². The second kappa shape index (κ2) is 7.36. The molecule has 1 aliphatic heterocycles. The fourth-order valence-electron chi connectivity index (χ4n) is 2.74. The van der Waals surface area contributed by atoms with Gasteiger partial charge < -0.3 is 15.1 Å². The third-order valence-corrected chi connectivity index (χ3v) is 3.85. The molecule has 0 aromatic carbocycles. The molecule has 0 radical (unpaired) electrons. The molecule has 0 saturated carbocycles. The van der Waals surface area contributed by atoms with Crippen molar-refractivity contribution >= 4 is 11.7 Å². The molecule has 1 aromatic rings. The van der Waals surface area contributed by atoms with E-state index >= 15 is 0 Å². The maximum absolute atomic E-state index is 12.8. The lowest BCUT2D eigenvalue weighted by Crippen LogP contribution is -2.43. The lowest BCUT2D eigenvalue weighted by molar-refractivity contribution is 0.0669. The number of rotatable bonds is 4. The molecule has 6 nitrogen and oxygen atoms in total. The van der Waals surface area contributed by atoms with Crippen LogP contribution in [0.4, 0.5) is 5.82 Å². The Kier molecular flexibility index (Phi) is 5.50. The Hall–Kier alpha value is -1.69. The van der Waals surface area contributed by atoms with Gasteiger partial charge in [-0.15, -0.1) is 0 Å². The maximum Gasteiger partial charge on any atom is 0.274 e. The Morgan fingerprint density at radius 1 is 1.38 bits per heavy atom. The van der Waals surface area contributed by atoms with Gasteiger partial charge in [0.05, 0.1) is 12.4 Å². The van der Waals surface area contributed by atoms with Crippen LogP contribution in [0.25, 0.3) is 0 Å². The van der Waals surface area contributed by atoms with E-state index in [1.54, 1.807) is 12.4 Å². The Morgan fingerprint density at radius 3 is 2.90 bits per heavy atom. The number of hydrogen-bond donors (Lipinski definition) is 1. The first kappa shape index (κ1) is 15.7. The van der Waals surface area contributed by atoms with E-state index in [1.807, 2.05) is 11.8 Å². The number of carbonyl (C=O) groups is 1. The van der Waals surface area contributed by atoms with Crippen molar-refractivity contribution in [1.82, 2.24) is 19.8 Å². The van der Waals surface area contributed by atoms with Crippen molar-refractivity contribution in [2.24, 2.45) is 0 Å². The molecule has 1 unspecified atom stereocenters. The fraction of sp³-hybridized carbons (Fsp3) is 0.667. The fourth-order valence-corrected chi connectivity index (χ4v) is 2.74. The normalized spacial score (nSPS) is 20.1. The summed E-state index contributed by atoms with van der Waals surface area (Å²) in [7, 11) is 2.11. The molecule has 21 heavy (non-hydrogen) atoms. The summed E-state index contributed by atoms with van der Waals surface area (Å²) in [5.41, 5.74) is 0.427. The van der Waals surface area contributed by atoms with E-state index in [2.05, 4.69) is 34.2 Å². The predicted molar refractivity (Wildman–Crippen MR) is 83.4 cm³/mol. The first-order valence-electron chi connectivity index (χ1n) is 7.71. The molecule has 2 heterocycles. The van der Waals surface area contributed by atoms with E-state index < -0.39 is 0 Å². The molecule has 1 aromatic heterocycles. The van der Waals surface area contributed by atoms with Crippen LogP contribution in [0, 0.1) is 0 Å².